The van der Waals surface area contributed by atoms with E-state index in [4.69, 9.17) is 4.74 Å². The Labute approximate surface area is 224 Å². The van der Waals surface area contributed by atoms with Gasteiger partial charge < -0.3 is 15.0 Å². The largest absolute Gasteiger partial charge is 0.488 e. The summed E-state index contributed by atoms with van der Waals surface area (Å²) in [6.45, 7) is 3.75. The summed E-state index contributed by atoms with van der Waals surface area (Å²) in [5, 5.41) is 3.17. The van der Waals surface area contributed by atoms with Gasteiger partial charge in [-0.15, -0.1) is 0 Å². The van der Waals surface area contributed by atoms with Crippen LogP contribution in [0.3, 0.4) is 0 Å². The molecule has 3 fully saturated rings. The topological polar surface area (TPSA) is 61.9 Å². The summed E-state index contributed by atoms with van der Waals surface area (Å²) >= 11 is 0. The van der Waals surface area contributed by atoms with Gasteiger partial charge in [-0.25, -0.2) is 0 Å². The van der Waals surface area contributed by atoms with Crippen molar-refractivity contribution in [2.24, 2.45) is 0 Å². The Hall–Kier alpha value is -3.48. The van der Waals surface area contributed by atoms with Gasteiger partial charge in [-0.05, 0) is 67.6 Å². The van der Waals surface area contributed by atoms with Crippen molar-refractivity contribution in [3.63, 3.8) is 0 Å². The second kappa shape index (κ2) is 10.4. The van der Waals surface area contributed by atoms with Gasteiger partial charge in [-0.1, -0.05) is 54.6 Å². The molecule has 6 heteroatoms. The Kier molecular flexibility index (Phi) is 6.76. The van der Waals surface area contributed by atoms with E-state index in [0.29, 0.717) is 23.4 Å². The number of likely N-dealkylation sites (N-methyl/N-ethyl adjacent to an activating group) is 1. The first kappa shape index (κ1) is 24.8. The average molecular weight is 510 g/mol. The molecule has 6 nitrogen and oxygen atoms in total. The van der Waals surface area contributed by atoms with E-state index in [-0.39, 0.29) is 17.8 Å². The zero-order valence-electron chi connectivity index (χ0n) is 22.0. The number of hydrogen-bond acceptors (Lipinski definition) is 5. The van der Waals surface area contributed by atoms with Crippen molar-refractivity contribution in [2.75, 3.05) is 38.5 Å². The summed E-state index contributed by atoms with van der Waals surface area (Å²) in [6.07, 6.45) is 4.30. The van der Waals surface area contributed by atoms with Gasteiger partial charge >= 0.3 is 0 Å². The lowest BCUT2D eigenvalue weighted by Gasteiger charge is -2.37. The van der Waals surface area contributed by atoms with Gasteiger partial charge in [0.15, 0.2) is 5.78 Å². The van der Waals surface area contributed by atoms with E-state index in [2.05, 4.69) is 46.4 Å². The molecule has 38 heavy (non-hydrogen) atoms. The van der Waals surface area contributed by atoms with E-state index in [1.165, 1.54) is 0 Å². The molecule has 1 saturated heterocycles. The fourth-order valence-corrected chi connectivity index (χ4v) is 5.28. The molecular weight excluding hydrogens is 474 g/mol. The van der Waals surface area contributed by atoms with Crippen LogP contribution in [-0.4, -0.2) is 66.4 Å². The maximum absolute atomic E-state index is 13.5. The van der Waals surface area contributed by atoms with Crippen molar-refractivity contribution in [2.45, 2.75) is 43.7 Å². The number of benzene rings is 3. The van der Waals surface area contributed by atoms with Gasteiger partial charge in [-0.2, -0.15) is 0 Å². The molecule has 1 heterocycles. The van der Waals surface area contributed by atoms with Gasteiger partial charge in [0.2, 0.25) is 5.91 Å². The van der Waals surface area contributed by atoms with Crippen LogP contribution in [-0.2, 0) is 11.2 Å². The van der Waals surface area contributed by atoms with Crippen LogP contribution in [0.1, 0.15) is 41.6 Å². The molecular formula is C32H35N3O3. The first-order chi connectivity index (χ1) is 18.5. The van der Waals surface area contributed by atoms with Crippen LogP contribution in [0, 0.1) is 0 Å². The summed E-state index contributed by atoms with van der Waals surface area (Å²) in [4.78, 5) is 31.5. The molecule has 2 saturated carbocycles. The fourth-order valence-electron chi connectivity index (χ4n) is 5.28. The predicted molar refractivity (Wildman–Crippen MR) is 150 cm³/mol. The average Bonchev–Trinajstić information content (AvgIpc) is 3.87. The molecule has 0 radical (unpaired) electrons. The van der Waals surface area contributed by atoms with Crippen molar-refractivity contribution < 1.29 is 14.3 Å². The molecule has 2 aliphatic carbocycles. The molecule has 0 bridgehead atoms. The van der Waals surface area contributed by atoms with E-state index in [9.17, 15) is 9.59 Å². The van der Waals surface area contributed by atoms with E-state index >= 15 is 0 Å². The second-order valence-corrected chi connectivity index (χ2v) is 11.0. The summed E-state index contributed by atoms with van der Waals surface area (Å²) in [7, 11) is 2.12. The lowest BCUT2D eigenvalue weighted by Crippen LogP contribution is -2.54. The van der Waals surface area contributed by atoms with Crippen LogP contribution < -0.4 is 10.1 Å². The first-order valence-electron chi connectivity index (χ1n) is 13.7. The molecule has 3 aliphatic rings. The summed E-state index contributed by atoms with van der Waals surface area (Å²) in [6, 6.07) is 23.8. The van der Waals surface area contributed by atoms with E-state index in [1.54, 1.807) is 6.07 Å². The molecule has 6 rings (SSSR count). The molecule has 0 aromatic heterocycles. The quantitative estimate of drug-likeness (QED) is 0.410. The lowest BCUT2D eigenvalue weighted by molar-refractivity contribution is -0.123. The maximum atomic E-state index is 13.5. The summed E-state index contributed by atoms with van der Waals surface area (Å²) in [5.74, 6) is 0.689. The third-order valence-electron chi connectivity index (χ3n) is 8.05. The number of nitrogens with one attached hydrogen (secondary N) is 1. The molecule has 3 aromatic carbocycles. The number of ether oxygens (including phenoxy) is 1. The Morgan fingerprint density at radius 3 is 2.24 bits per heavy atom. The van der Waals surface area contributed by atoms with Crippen molar-refractivity contribution in [1.29, 1.82) is 0 Å². The van der Waals surface area contributed by atoms with Gasteiger partial charge in [0.05, 0.1) is 11.8 Å². The number of carbonyl (C=O) groups is 2. The van der Waals surface area contributed by atoms with Crippen molar-refractivity contribution >= 4 is 17.4 Å². The molecule has 1 amide bonds. The summed E-state index contributed by atoms with van der Waals surface area (Å²) in [5.41, 5.74) is 4.00. The molecule has 1 aliphatic heterocycles. The second-order valence-electron chi connectivity index (χ2n) is 11.0. The third kappa shape index (κ3) is 5.38. The number of nitrogens with zero attached hydrogens (tertiary/aromatic N) is 2. The monoisotopic (exact) mass is 509 g/mol. The SMILES string of the molecule is CN1CCN(C2(C(=O)Nc3cc(C(=O)Cc4ccc(-c5ccccc5)cc4)ccc3OC3CC3)CC2)CC1. The van der Waals surface area contributed by atoms with Crippen LogP contribution in [0.2, 0.25) is 0 Å². The highest BCUT2D eigenvalue weighted by Gasteiger charge is 2.54. The Morgan fingerprint density at radius 2 is 1.58 bits per heavy atom. The first-order valence-corrected chi connectivity index (χ1v) is 13.7. The number of amides is 1. The molecule has 0 unspecified atom stereocenters. The van der Waals surface area contributed by atoms with Crippen LogP contribution in [0.5, 0.6) is 5.75 Å². The number of rotatable bonds is 9. The molecule has 3 aromatic rings. The zero-order chi connectivity index (χ0) is 26.1. The number of hydrogen-bond donors (Lipinski definition) is 1. The predicted octanol–water partition coefficient (Wildman–Crippen LogP) is 5.04. The van der Waals surface area contributed by atoms with Crippen LogP contribution in [0.4, 0.5) is 5.69 Å². The van der Waals surface area contributed by atoms with E-state index in [0.717, 1.165) is 68.6 Å². The number of carbonyl (C=O) groups excluding carboxylic acids is 2. The van der Waals surface area contributed by atoms with E-state index in [1.807, 2.05) is 42.5 Å². The van der Waals surface area contributed by atoms with Crippen LogP contribution in [0.15, 0.2) is 72.8 Å². The highest BCUT2D eigenvalue weighted by atomic mass is 16.5. The molecule has 196 valence electrons. The minimum atomic E-state index is -0.432. The van der Waals surface area contributed by atoms with E-state index < -0.39 is 5.54 Å². The molecule has 0 spiro atoms. The molecule has 0 atom stereocenters. The van der Waals surface area contributed by atoms with Crippen LogP contribution in [0.25, 0.3) is 11.1 Å². The number of anilines is 1. The van der Waals surface area contributed by atoms with Crippen LogP contribution >= 0.6 is 0 Å². The van der Waals surface area contributed by atoms with Gasteiger partial charge in [0.25, 0.3) is 0 Å². The number of piperazine rings is 1. The fraction of sp³-hybridized carbons (Fsp3) is 0.375. The zero-order valence-corrected chi connectivity index (χ0v) is 22.0. The Bertz CT molecular complexity index is 1310. The maximum Gasteiger partial charge on any atom is 0.245 e. The number of Topliss-reactive ketones (excluding diaryl/α,β-unsaturated/α-hetero) is 1. The Balaban J connectivity index is 1.18. The summed E-state index contributed by atoms with van der Waals surface area (Å²) < 4.78 is 6.11. The highest BCUT2D eigenvalue weighted by molar-refractivity contribution is 6.03. The van der Waals surface area contributed by atoms with Gasteiger partial charge in [0.1, 0.15) is 11.3 Å². The van der Waals surface area contributed by atoms with Gasteiger partial charge in [-0.3, -0.25) is 14.5 Å². The van der Waals surface area contributed by atoms with Crippen molar-refractivity contribution in [3.8, 4) is 16.9 Å². The van der Waals surface area contributed by atoms with Crippen molar-refractivity contribution in [3.05, 3.63) is 83.9 Å². The number of ketones is 1. The standard InChI is InChI=1S/C32H35N3O3/c1-34-17-19-35(20-18-34)32(15-16-32)31(37)33-28-22-26(11-14-30(28)38-27-12-13-27)29(36)21-23-7-9-25(10-8-23)24-5-3-2-4-6-24/h2-11,14,22,27H,12-13,15-21H2,1H3,(H,33,37). The molecule has 1 N–H and O–H groups in total. The van der Waals surface area contributed by atoms with Gasteiger partial charge in [0, 0.05) is 38.2 Å². The smallest absolute Gasteiger partial charge is 0.245 e. The minimum absolute atomic E-state index is 0.0174. The lowest BCUT2D eigenvalue weighted by atomic mass is 9.99. The third-order valence-corrected chi connectivity index (χ3v) is 8.05. The minimum Gasteiger partial charge on any atom is -0.488 e. The highest BCUT2D eigenvalue weighted by Crippen LogP contribution is 2.44. The van der Waals surface area contributed by atoms with Crippen molar-refractivity contribution in [1.82, 2.24) is 9.80 Å². The Morgan fingerprint density at radius 1 is 0.895 bits per heavy atom. The normalized spacial score (nSPS) is 19.1.